The molecular weight excluding hydrogens is 392 g/mol. The Labute approximate surface area is 186 Å². The lowest BCUT2D eigenvalue weighted by atomic mass is 10.0. The molecule has 152 valence electrons. The molecule has 2 heterocycles. The van der Waals surface area contributed by atoms with Gasteiger partial charge in [0, 0.05) is 33.2 Å². The monoisotopic (exact) mass is 412 g/mol. The normalized spacial score (nSPS) is 11.3. The highest BCUT2D eigenvalue weighted by molar-refractivity contribution is 6.09. The number of aromatic nitrogens is 2. The highest BCUT2D eigenvalue weighted by atomic mass is 16.3. The third-order valence-electron chi connectivity index (χ3n) is 5.78. The van der Waals surface area contributed by atoms with Gasteiger partial charge in [0.25, 0.3) is 0 Å². The van der Waals surface area contributed by atoms with Gasteiger partial charge in [-0.15, -0.1) is 0 Å². The van der Waals surface area contributed by atoms with Gasteiger partial charge in [-0.3, -0.25) is 0 Å². The van der Waals surface area contributed by atoms with Gasteiger partial charge < -0.3 is 4.42 Å². The molecular formula is C29H20N2O. The van der Waals surface area contributed by atoms with Crippen molar-refractivity contribution in [3.05, 3.63) is 109 Å². The van der Waals surface area contributed by atoms with Crippen molar-refractivity contribution in [2.24, 2.45) is 0 Å². The van der Waals surface area contributed by atoms with Gasteiger partial charge in [-0.05, 0) is 24.6 Å². The molecule has 0 amide bonds. The Kier molecular flexibility index (Phi) is 4.32. The Bertz CT molecular complexity index is 1560. The van der Waals surface area contributed by atoms with Crippen LogP contribution in [0.1, 0.15) is 5.69 Å². The minimum atomic E-state index is 0.734. The average Bonchev–Trinajstić information content (AvgIpc) is 3.23. The van der Waals surface area contributed by atoms with Gasteiger partial charge >= 0.3 is 0 Å². The molecule has 2 aromatic heterocycles. The van der Waals surface area contributed by atoms with Gasteiger partial charge in [0.2, 0.25) is 0 Å². The lowest BCUT2D eigenvalue weighted by Crippen LogP contribution is -1.95. The van der Waals surface area contributed by atoms with Crippen molar-refractivity contribution in [3.63, 3.8) is 0 Å². The molecule has 4 aromatic carbocycles. The first-order chi connectivity index (χ1) is 15.8. The molecule has 0 saturated heterocycles. The third-order valence-corrected chi connectivity index (χ3v) is 5.78. The van der Waals surface area contributed by atoms with Crippen LogP contribution in [-0.2, 0) is 0 Å². The maximum atomic E-state index is 6.21. The van der Waals surface area contributed by atoms with Crippen LogP contribution in [0.15, 0.2) is 108 Å². The van der Waals surface area contributed by atoms with Gasteiger partial charge in [-0.1, -0.05) is 91.0 Å². The lowest BCUT2D eigenvalue weighted by molar-refractivity contribution is 0.670. The van der Waals surface area contributed by atoms with Crippen molar-refractivity contribution >= 4 is 21.9 Å². The summed E-state index contributed by atoms with van der Waals surface area (Å²) in [6.45, 7) is 2.01. The average molecular weight is 412 g/mol. The summed E-state index contributed by atoms with van der Waals surface area (Å²) < 4.78 is 6.21. The number of furan rings is 1. The molecule has 6 rings (SSSR count). The van der Waals surface area contributed by atoms with E-state index in [1.165, 1.54) is 0 Å². The molecule has 0 spiro atoms. The minimum Gasteiger partial charge on any atom is -0.455 e. The zero-order valence-corrected chi connectivity index (χ0v) is 17.6. The number of hydrogen-bond acceptors (Lipinski definition) is 3. The largest absolute Gasteiger partial charge is 0.455 e. The fourth-order valence-electron chi connectivity index (χ4n) is 4.23. The minimum absolute atomic E-state index is 0.734. The van der Waals surface area contributed by atoms with Crippen molar-refractivity contribution in [2.45, 2.75) is 6.92 Å². The zero-order valence-electron chi connectivity index (χ0n) is 17.6. The smallest absolute Gasteiger partial charge is 0.160 e. The first-order valence-corrected chi connectivity index (χ1v) is 10.7. The maximum Gasteiger partial charge on any atom is 0.160 e. The van der Waals surface area contributed by atoms with Gasteiger partial charge in [-0.25, -0.2) is 9.97 Å². The van der Waals surface area contributed by atoms with Crippen molar-refractivity contribution in [2.75, 3.05) is 0 Å². The van der Waals surface area contributed by atoms with E-state index in [1.807, 2.05) is 49.4 Å². The molecule has 32 heavy (non-hydrogen) atoms. The molecule has 0 saturated carbocycles. The second-order valence-corrected chi connectivity index (χ2v) is 7.94. The Morgan fingerprint density at radius 2 is 1.31 bits per heavy atom. The third kappa shape index (κ3) is 3.15. The summed E-state index contributed by atoms with van der Waals surface area (Å²) in [6.07, 6.45) is 0. The number of rotatable bonds is 3. The molecule has 0 fully saturated rings. The lowest BCUT2D eigenvalue weighted by Gasteiger charge is -2.08. The molecule has 0 bridgehead atoms. The predicted octanol–water partition coefficient (Wildman–Crippen LogP) is 7.69. The van der Waals surface area contributed by atoms with E-state index in [0.29, 0.717) is 0 Å². The van der Waals surface area contributed by atoms with E-state index in [1.54, 1.807) is 0 Å². The number of hydrogen-bond donors (Lipinski definition) is 0. The summed E-state index contributed by atoms with van der Waals surface area (Å²) in [6, 6.07) is 35.1. The van der Waals surface area contributed by atoms with Gasteiger partial charge in [0.05, 0.1) is 5.69 Å². The Morgan fingerprint density at radius 3 is 2.16 bits per heavy atom. The summed E-state index contributed by atoms with van der Waals surface area (Å²) in [5.41, 5.74) is 7.98. The van der Waals surface area contributed by atoms with Crippen LogP contribution >= 0.6 is 0 Å². The van der Waals surface area contributed by atoms with E-state index in [4.69, 9.17) is 9.40 Å². The zero-order chi connectivity index (χ0) is 21.5. The van der Waals surface area contributed by atoms with E-state index in [2.05, 4.69) is 65.6 Å². The van der Waals surface area contributed by atoms with E-state index < -0.39 is 0 Å². The number of para-hydroxylation sites is 2. The second kappa shape index (κ2) is 7.47. The molecule has 3 nitrogen and oxygen atoms in total. The Balaban J connectivity index is 1.42. The number of fused-ring (bicyclic) bond motifs is 3. The number of benzene rings is 4. The van der Waals surface area contributed by atoms with Crippen LogP contribution < -0.4 is 0 Å². The molecule has 0 aliphatic carbocycles. The predicted molar refractivity (Wildman–Crippen MR) is 130 cm³/mol. The van der Waals surface area contributed by atoms with Crippen molar-refractivity contribution < 1.29 is 4.42 Å². The fourth-order valence-corrected chi connectivity index (χ4v) is 4.23. The van der Waals surface area contributed by atoms with Crippen molar-refractivity contribution in [1.29, 1.82) is 0 Å². The van der Waals surface area contributed by atoms with E-state index in [0.717, 1.165) is 61.4 Å². The molecule has 6 aromatic rings. The topological polar surface area (TPSA) is 38.9 Å². The van der Waals surface area contributed by atoms with E-state index >= 15 is 0 Å². The van der Waals surface area contributed by atoms with Crippen LogP contribution in [0.25, 0.3) is 55.7 Å². The summed E-state index contributed by atoms with van der Waals surface area (Å²) in [5.74, 6) is 0.734. The van der Waals surface area contributed by atoms with E-state index in [-0.39, 0.29) is 0 Å². The number of aryl methyl sites for hydroxylation is 1. The van der Waals surface area contributed by atoms with Gasteiger partial charge in [0.15, 0.2) is 5.82 Å². The van der Waals surface area contributed by atoms with Crippen LogP contribution in [0.3, 0.4) is 0 Å². The first kappa shape index (κ1) is 18.5. The van der Waals surface area contributed by atoms with E-state index in [9.17, 15) is 0 Å². The SMILES string of the molecule is Cc1cc(-c2ccccc2)nc(-c2ccc(-c3cccc4c3oc3ccccc34)cc2)n1. The first-order valence-electron chi connectivity index (χ1n) is 10.7. The van der Waals surface area contributed by atoms with Gasteiger partial charge in [0.1, 0.15) is 11.2 Å². The fraction of sp³-hybridized carbons (Fsp3) is 0.0345. The summed E-state index contributed by atoms with van der Waals surface area (Å²) >= 11 is 0. The molecule has 0 N–H and O–H groups in total. The van der Waals surface area contributed by atoms with Crippen LogP contribution in [0, 0.1) is 6.92 Å². The Morgan fingerprint density at radius 1 is 0.594 bits per heavy atom. The standard InChI is InChI=1S/C29H20N2O/c1-19-18-26(21-8-3-2-4-9-21)31-29(30-19)22-16-14-20(15-17-22)23-11-7-12-25-24-10-5-6-13-27(24)32-28(23)25/h2-18H,1H3. The van der Waals surface area contributed by atoms with Gasteiger partial charge in [-0.2, -0.15) is 0 Å². The number of nitrogens with zero attached hydrogens (tertiary/aromatic N) is 2. The molecule has 0 aliphatic rings. The quantitative estimate of drug-likeness (QED) is 0.299. The summed E-state index contributed by atoms with van der Waals surface area (Å²) in [5, 5.41) is 2.28. The van der Waals surface area contributed by atoms with Crippen LogP contribution in [0.2, 0.25) is 0 Å². The Hall–Kier alpha value is -4.24. The highest BCUT2D eigenvalue weighted by Crippen LogP contribution is 2.36. The molecule has 0 aliphatic heterocycles. The molecule has 0 atom stereocenters. The maximum absolute atomic E-state index is 6.21. The van der Waals surface area contributed by atoms with Crippen molar-refractivity contribution in [3.8, 4) is 33.8 Å². The second-order valence-electron chi connectivity index (χ2n) is 7.94. The summed E-state index contributed by atoms with van der Waals surface area (Å²) in [7, 11) is 0. The molecule has 3 heteroatoms. The van der Waals surface area contributed by atoms with Crippen molar-refractivity contribution in [1.82, 2.24) is 9.97 Å². The highest BCUT2D eigenvalue weighted by Gasteiger charge is 2.12. The van der Waals surface area contributed by atoms with Crippen LogP contribution in [0.4, 0.5) is 0 Å². The van der Waals surface area contributed by atoms with Crippen LogP contribution in [-0.4, -0.2) is 9.97 Å². The van der Waals surface area contributed by atoms with Crippen LogP contribution in [0.5, 0.6) is 0 Å². The summed E-state index contributed by atoms with van der Waals surface area (Å²) in [4.78, 5) is 9.51. The molecule has 0 unspecified atom stereocenters. The molecule has 0 radical (unpaired) electrons.